The molecule has 0 aromatic carbocycles. The van der Waals surface area contributed by atoms with Crippen molar-refractivity contribution in [2.24, 2.45) is 5.41 Å². The van der Waals surface area contributed by atoms with E-state index in [1.54, 1.807) is 0 Å². The Labute approximate surface area is 103 Å². The van der Waals surface area contributed by atoms with Crippen LogP contribution in [0, 0.1) is 5.41 Å². The zero-order chi connectivity index (χ0) is 10.8. The van der Waals surface area contributed by atoms with Gasteiger partial charge in [0.25, 0.3) is 0 Å². The summed E-state index contributed by atoms with van der Waals surface area (Å²) >= 11 is 2.46. The summed E-state index contributed by atoms with van der Waals surface area (Å²) in [6, 6.07) is 0. The highest BCUT2D eigenvalue weighted by atomic mass is 127. The summed E-state index contributed by atoms with van der Waals surface area (Å²) in [5.41, 5.74) is 0.335. The minimum Gasteiger partial charge on any atom is -0.547 e. The molecule has 0 bridgehead atoms. The topological polar surface area (TPSA) is 9.23 Å². The van der Waals surface area contributed by atoms with E-state index in [-0.39, 0.29) is 0 Å². The number of alkyl halides is 1. The van der Waals surface area contributed by atoms with Crippen LogP contribution in [-0.2, 0) is 4.43 Å². The van der Waals surface area contributed by atoms with Crippen LogP contribution >= 0.6 is 22.6 Å². The normalized spacial score (nSPS) is 27.6. The Morgan fingerprint density at radius 1 is 1.50 bits per heavy atom. The number of allylic oxidation sites excluding steroid dienone is 2. The molecule has 1 rings (SSSR count). The van der Waals surface area contributed by atoms with E-state index in [1.807, 2.05) is 0 Å². The number of halogens is 1. The van der Waals surface area contributed by atoms with Gasteiger partial charge in [-0.05, 0) is 45.0 Å². The Balaban J connectivity index is 2.68. The first-order chi connectivity index (χ1) is 6.37. The third-order valence-electron chi connectivity index (χ3n) is 2.68. The molecule has 14 heavy (non-hydrogen) atoms. The highest BCUT2D eigenvalue weighted by Crippen LogP contribution is 2.43. The van der Waals surface area contributed by atoms with Crippen molar-refractivity contribution in [1.29, 1.82) is 0 Å². The van der Waals surface area contributed by atoms with Gasteiger partial charge in [0.15, 0.2) is 0 Å². The second-order valence-electron chi connectivity index (χ2n) is 5.32. The molecule has 0 saturated carbocycles. The highest BCUT2D eigenvalue weighted by Gasteiger charge is 2.35. The van der Waals surface area contributed by atoms with E-state index in [9.17, 15) is 0 Å². The molecule has 1 atom stereocenters. The van der Waals surface area contributed by atoms with Crippen LogP contribution in [0.15, 0.2) is 11.8 Å². The minimum absolute atomic E-state index is 0.335. The summed E-state index contributed by atoms with van der Waals surface area (Å²) in [7, 11) is -1.41. The van der Waals surface area contributed by atoms with Crippen molar-refractivity contribution in [3.05, 3.63) is 11.8 Å². The summed E-state index contributed by atoms with van der Waals surface area (Å²) in [5.74, 6) is 1.29. The van der Waals surface area contributed by atoms with Gasteiger partial charge in [-0.1, -0.05) is 29.5 Å². The van der Waals surface area contributed by atoms with Crippen LogP contribution in [0.3, 0.4) is 0 Å². The van der Waals surface area contributed by atoms with Gasteiger partial charge in [0.2, 0.25) is 8.32 Å². The lowest BCUT2D eigenvalue weighted by Crippen LogP contribution is -2.30. The van der Waals surface area contributed by atoms with E-state index in [4.69, 9.17) is 4.43 Å². The van der Waals surface area contributed by atoms with Crippen molar-refractivity contribution < 1.29 is 4.43 Å². The van der Waals surface area contributed by atoms with Crippen molar-refractivity contribution in [1.82, 2.24) is 0 Å². The fraction of sp³-hybridized carbons (Fsp3) is 0.818. The molecular formula is C11H21IOSi. The van der Waals surface area contributed by atoms with Crippen LogP contribution in [0.4, 0.5) is 0 Å². The lowest BCUT2D eigenvalue weighted by Gasteiger charge is -2.32. The zero-order valence-corrected chi connectivity index (χ0v) is 12.8. The molecule has 1 nitrogen and oxygen atoms in total. The SMILES string of the molecule is C[C@]1(CCI)CCC=C1O[Si](C)(C)C. The number of hydrogen-bond acceptors (Lipinski definition) is 1. The van der Waals surface area contributed by atoms with Gasteiger partial charge in [0.05, 0.1) is 5.76 Å². The van der Waals surface area contributed by atoms with Crippen LogP contribution in [0.5, 0.6) is 0 Å². The Bertz CT molecular complexity index is 232. The fourth-order valence-corrected chi connectivity index (χ4v) is 4.02. The average molecular weight is 324 g/mol. The van der Waals surface area contributed by atoms with Gasteiger partial charge in [0.1, 0.15) is 0 Å². The molecule has 0 saturated heterocycles. The first-order valence-electron chi connectivity index (χ1n) is 5.33. The number of rotatable bonds is 4. The van der Waals surface area contributed by atoms with Gasteiger partial charge in [-0.2, -0.15) is 0 Å². The molecule has 0 amide bonds. The zero-order valence-electron chi connectivity index (χ0n) is 9.69. The Kier molecular flexibility index (Phi) is 4.09. The van der Waals surface area contributed by atoms with E-state index in [1.165, 1.54) is 29.4 Å². The third kappa shape index (κ3) is 3.26. The lowest BCUT2D eigenvalue weighted by molar-refractivity contribution is 0.252. The lowest BCUT2D eigenvalue weighted by atomic mass is 9.86. The Morgan fingerprint density at radius 3 is 2.64 bits per heavy atom. The highest BCUT2D eigenvalue weighted by molar-refractivity contribution is 14.1. The van der Waals surface area contributed by atoms with Gasteiger partial charge in [0, 0.05) is 9.84 Å². The van der Waals surface area contributed by atoms with Crippen LogP contribution in [0.1, 0.15) is 26.2 Å². The smallest absolute Gasteiger partial charge is 0.241 e. The van der Waals surface area contributed by atoms with Gasteiger partial charge >= 0.3 is 0 Å². The molecule has 3 heteroatoms. The molecule has 0 heterocycles. The maximum Gasteiger partial charge on any atom is 0.241 e. The van der Waals surface area contributed by atoms with Crippen molar-refractivity contribution in [3.8, 4) is 0 Å². The molecule has 1 aliphatic rings. The molecule has 82 valence electrons. The molecule has 0 unspecified atom stereocenters. The first-order valence-corrected chi connectivity index (χ1v) is 10.3. The van der Waals surface area contributed by atoms with Crippen LogP contribution in [0.25, 0.3) is 0 Å². The molecule has 0 N–H and O–H groups in total. The maximum absolute atomic E-state index is 6.16. The second-order valence-corrected chi connectivity index (χ2v) is 10.8. The van der Waals surface area contributed by atoms with Crippen molar-refractivity contribution in [2.75, 3.05) is 4.43 Å². The molecule has 0 spiro atoms. The molecule has 0 aromatic heterocycles. The predicted octanol–water partition coefficient (Wildman–Crippen LogP) is 4.35. The predicted molar refractivity (Wildman–Crippen MR) is 73.4 cm³/mol. The van der Waals surface area contributed by atoms with Crippen molar-refractivity contribution in [3.63, 3.8) is 0 Å². The molecule has 0 radical (unpaired) electrons. The van der Waals surface area contributed by atoms with E-state index in [2.05, 4.69) is 55.2 Å². The summed E-state index contributed by atoms with van der Waals surface area (Å²) in [6.07, 6.45) is 6.04. The quantitative estimate of drug-likeness (QED) is 0.424. The summed E-state index contributed by atoms with van der Waals surface area (Å²) in [4.78, 5) is 0. The Hall–Kier alpha value is 0.487. The summed E-state index contributed by atoms with van der Waals surface area (Å²) in [6.45, 7) is 9.13. The van der Waals surface area contributed by atoms with E-state index >= 15 is 0 Å². The Morgan fingerprint density at radius 2 is 2.14 bits per heavy atom. The molecule has 1 aliphatic carbocycles. The average Bonchev–Trinajstić information content (AvgIpc) is 2.30. The monoisotopic (exact) mass is 324 g/mol. The van der Waals surface area contributed by atoms with Gasteiger partial charge in [-0.15, -0.1) is 0 Å². The van der Waals surface area contributed by atoms with Crippen molar-refractivity contribution in [2.45, 2.75) is 45.8 Å². The van der Waals surface area contributed by atoms with Gasteiger partial charge < -0.3 is 4.43 Å². The largest absolute Gasteiger partial charge is 0.547 e. The summed E-state index contributed by atoms with van der Waals surface area (Å²) in [5, 5.41) is 0. The van der Waals surface area contributed by atoms with Crippen LogP contribution < -0.4 is 0 Å². The van der Waals surface area contributed by atoms with Crippen LogP contribution in [-0.4, -0.2) is 12.7 Å². The number of hydrogen-bond donors (Lipinski definition) is 0. The van der Waals surface area contributed by atoms with Gasteiger partial charge in [-0.3, -0.25) is 0 Å². The molecule has 0 aliphatic heterocycles. The molecular weight excluding hydrogens is 303 g/mol. The third-order valence-corrected chi connectivity index (χ3v) is 4.05. The minimum atomic E-state index is -1.41. The van der Waals surface area contributed by atoms with Gasteiger partial charge in [-0.25, -0.2) is 0 Å². The molecule has 0 aromatic rings. The van der Waals surface area contributed by atoms with Crippen LogP contribution in [0.2, 0.25) is 19.6 Å². The van der Waals surface area contributed by atoms with Crippen molar-refractivity contribution >= 4 is 30.9 Å². The van der Waals surface area contributed by atoms with E-state index < -0.39 is 8.32 Å². The maximum atomic E-state index is 6.16. The fourth-order valence-electron chi connectivity index (χ4n) is 1.84. The standard InChI is InChI=1S/C11H21IOSi/c1-11(8-9-12)7-5-6-10(11)13-14(2,3)4/h6H,5,7-9H2,1-4H3/t11-/m1/s1. The van der Waals surface area contributed by atoms with E-state index in [0.29, 0.717) is 5.41 Å². The first kappa shape index (κ1) is 12.6. The summed E-state index contributed by atoms with van der Waals surface area (Å²) < 4.78 is 7.39. The second kappa shape index (κ2) is 4.55. The van der Waals surface area contributed by atoms with E-state index in [0.717, 1.165) is 0 Å². The molecule has 0 fully saturated rings.